The van der Waals surface area contributed by atoms with Crippen LogP contribution in [0.2, 0.25) is 0 Å². The van der Waals surface area contributed by atoms with E-state index in [2.05, 4.69) is 5.32 Å². The fourth-order valence-electron chi connectivity index (χ4n) is 2.96. The number of nitrogens with zero attached hydrogens (tertiary/aromatic N) is 1. The highest BCUT2D eigenvalue weighted by Crippen LogP contribution is 2.22. The Morgan fingerprint density at radius 1 is 1.00 bits per heavy atom. The second-order valence-corrected chi connectivity index (χ2v) is 8.20. The Morgan fingerprint density at radius 2 is 1.72 bits per heavy atom. The van der Waals surface area contributed by atoms with Gasteiger partial charge in [-0.25, -0.2) is 8.42 Å². The van der Waals surface area contributed by atoms with Gasteiger partial charge in [-0.2, -0.15) is 4.31 Å². The minimum atomic E-state index is -3.55. The number of carbonyl (C=O) groups is 1. The van der Waals surface area contributed by atoms with E-state index in [0.717, 1.165) is 30.5 Å². The van der Waals surface area contributed by atoms with E-state index < -0.39 is 10.0 Å². The predicted molar refractivity (Wildman–Crippen MR) is 98.2 cm³/mol. The largest absolute Gasteiger partial charge is 0.322 e. The first-order valence-corrected chi connectivity index (χ1v) is 9.90. The molecule has 1 saturated heterocycles. The zero-order chi connectivity index (χ0) is 17.9. The maximum atomic E-state index is 12.8. The van der Waals surface area contributed by atoms with Crippen molar-refractivity contribution in [3.05, 3.63) is 59.7 Å². The molecule has 0 bridgehead atoms. The summed E-state index contributed by atoms with van der Waals surface area (Å²) in [6.07, 6.45) is 2.82. The Kier molecular flexibility index (Phi) is 5.20. The minimum Gasteiger partial charge on any atom is -0.322 e. The average molecular weight is 358 g/mol. The zero-order valence-corrected chi connectivity index (χ0v) is 15.1. The number of amides is 1. The topological polar surface area (TPSA) is 66.5 Å². The fourth-order valence-corrected chi connectivity index (χ4v) is 4.52. The molecule has 5 nitrogen and oxygen atoms in total. The summed E-state index contributed by atoms with van der Waals surface area (Å²) in [5.41, 5.74) is 2.01. The van der Waals surface area contributed by atoms with Gasteiger partial charge in [-0.3, -0.25) is 4.79 Å². The first-order chi connectivity index (χ1) is 12.0. The summed E-state index contributed by atoms with van der Waals surface area (Å²) in [7, 11) is -3.55. The van der Waals surface area contributed by atoms with Crippen LogP contribution in [0.25, 0.3) is 0 Å². The Balaban J connectivity index is 1.83. The Bertz CT molecular complexity index is 872. The van der Waals surface area contributed by atoms with E-state index in [-0.39, 0.29) is 10.8 Å². The van der Waals surface area contributed by atoms with Crippen LogP contribution >= 0.6 is 0 Å². The lowest BCUT2D eigenvalue weighted by atomic mass is 10.1. The van der Waals surface area contributed by atoms with Crippen molar-refractivity contribution in [1.82, 2.24) is 4.31 Å². The number of anilines is 1. The Morgan fingerprint density at radius 3 is 2.44 bits per heavy atom. The van der Waals surface area contributed by atoms with Gasteiger partial charge in [0.05, 0.1) is 4.90 Å². The van der Waals surface area contributed by atoms with Crippen LogP contribution in [-0.2, 0) is 10.0 Å². The Labute approximate surface area is 148 Å². The maximum Gasteiger partial charge on any atom is 0.255 e. The molecule has 132 valence electrons. The van der Waals surface area contributed by atoms with E-state index in [1.165, 1.54) is 10.4 Å². The highest BCUT2D eigenvalue weighted by Gasteiger charge is 2.26. The molecule has 0 spiro atoms. The molecular weight excluding hydrogens is 336 g/mol. The minimum absolute atomic E-state index is 0.173. The van der Waals surface area contributed by atoms with Gasteiger partial charge in [0.2, 0.25) is 10.0 Å². The summed E-state index contributed by atoms with van der Waals surface area (Å²) in [6, 6.07) is 13.7. The number of sulfonamides is 1. The quantitative estimate of drug-likeness (QED) is 0.911. The number of carbonyl (C=O) groups excluding carboxylic acids is 1. The highest BCUT2D eigenvalue weighted by atomic mass is 32.2. The van der Waals surface area contributed by atoms with Gasteiger partial charge in [0.1, 0.15) is 0 Å². The standard InChI is InChI=1S/C19H22N2O3S/c1-15-8-3-4-11-18(15)20-19(22)16-9-7-10-17(14-16)25(23,24)21-12-5-2-6-13-21/h3-4,7-11,14H,2,5-6,12-13H2,1H3,(H,20,22). The predicted octanol–water partition coefficient (Wildman–Crippen LogP) is 3.42. The van der Waals surface area contributed by atoms with Crippen molar-refractivity contribution in [2.75, 3.05) is 18.4 Å². The molecule has 1 N–H and O–H groups in total. The molecule has 2 aromatic rings. The lowest BCUT2D eigenvalue weighted by Crippen LogP contribution is -2.35. The SMILES string of the molecule is Cc1ccccc1NC(=O)c1cccc(S(=O)(=O)N2CCCCC2)c1. The van der Waals surface area contributed by atoms with Crippen molar-refractivity contribution in [1.29, 1.82) is 0 Å². The highest BCUT2D eigenvalue weighted by molar-refractivity contribution is 7.89. The van der Waals surface area contributed by atoms with Crippen molar-refractivity contribution in [2.24, 2.45) is 0 Å². The molecule has 1 aliphatic heterocycles. The number of para-hydroxylation sites is 1. The van der Waals surface area contributed by atoms with E-state index in [4.69, 9.17) is 0 Å². The van der Waals surface area contributed by atoms with Crippen LogP contribution in [0.3, 0.4) is 0 Å². The summed E-state index contributed by atoms with van der Waals surface area (Å²) in [5.74, 6) is -0.315. The molecule has 6 heteroatoms. The summed E-state index contributed by atoms with van der Waals surface area (Å²) in [5, 5.41) is 2.84. The molecule has 1 aliphatic rings. The summed E-state index contributed by atoms with van der Waals surface area (Å²) in [6.45, 7) is 3.00. The molecule has 0 saturated carbocycles. The van der Waals surface area contributed by atoms with E-state index in [9.17, 15) is 13.2 Å². The maximum absolute atomic E-state index is 12.8. The van der Waals surface area contributed by atoms with Gasteiger partial charge in [0.25, 0.3) is 5.91 Å². The van der Waals surface area contributed by atoms with Crippen molar-refractivity contribution in [2.45, 2.75) is 31.1 Å². The van der Waals surface area contributed by atoms with Crippen LogP contribution in [0, 0.1) is 6.92 Å². The van der Waals surface area contributed by atoms with Gasteiger partial charge in [0, 0.05) is 24.3 Å². The van der Waals surface area contributed by atoms with Gasteiger partial charge in [-0.1, -0.05) is 30.7 Å². The third-order valence-electron chi connectivity index (χ3n) is 4.44. The lowest BCUT2D eigenvalue weighted by molar-refractivity contribution is 0.102. The first kappa shape index (κ1) is 17.6. The first-order valence-electron chi connectivity index (χ1n) is 8.46. The van der Waals surface area contributed by atoms with Gasteiger partial charge in [0.15, 0.2) is 0 Å². The van der Waals surface area contributed by atoms with Crippen molar-refractivity contribution in [3.63, 3.8) is 0 Å². The average Bonchev–Trinajstić information content (AvgIpc) is 2.64. The smallest absolute Gasteiger partial charge is 0.255 e. The number of hydrogen-bond donors (Lipinski definition) is 1. The number of piperidine rings is 1. The normalized spacial score (nSPS) is 15.7. The van der Waals surface area contributed by atoms with E-state index in [1.54, 1.807) is 18.2 Å². The zero-order valence-electron chi connectivity index (χ0n) is 14.2. The van der Waals surface area contributed by atoms with Gasteiger partial charge >= 0.3 is 0 Å². The molecule has 2 aromatic carbocycles. The van der Waals surface area contributed by atoms with Crippen molar-refractivity contribution in [3.8, 4) is 0 Å². The number of benzene rings is 2. The monoisotopic (exact) mass is 358 g/mol. The van der Waals surface area contributed by atoms with Crippen LogP contribution in [0.15, 0.2) is 53.4 Å². The van der Waals surface area contributed by atoms with Gasteiger partial charge in [-0.15, -0.1) is 0 Å². The van der Waals surface area contributed by atoms with E-state index >= 15 is 0 Å². The summed E-state index contributed by atoms with van der Waals surface area (Å²) in [4.78, 5) is 12.7. The fraction of sp³-hybridized carbons (Fsp3) is 0.316. The van der Waals surface area contributed by atoms with Crippen LogP contribution in [0.4, 0.5) is 5.69 Å². The van der Waals surface area contributed by atoms with Crippen LogP contribution in [0.1, 0.15) is 35.2 Å². The molecule has 0 unspecified atom stereocenters. The van der Waals surface area contributed by atoms with Gasteiger partial charge < -0.3 is 5.32 Å². The Hall–Kier alpha value is -2.18. The third-order valence-corrected chi connectivity index (χ3v) is 6.34. The van der Waals surface area contributed by atoms with Gasteiger partial charge in [-0.05, 0) is 49.6 Å². The molecule has 0 radical (unpaired) electrons. The number of hydrogen-bond acceptors (Lipinski definition) is 3. The molecule has 1 fully saturated rings. The summed E-state index contributed by atoms with van der Waals surface area (Å²) >= 11 is 0. The molecule has 1 amide bonds. The molecule has 25 heavy (non-hydrogen) atoms. The van der Waals surface area contributed by atoms with Crippen LogP contribution in [0.5, 0.6) is 0 Å². The van der Waals surface area contributed by atoms with Crippen molar-refractivity contribution < 1.29 is 13.2 Å². The molecule has 0 aliphatic carbocycles. The van der Waals surface area contributed by atoms with Crippen LogP contribution < -0.4 is 5.32 Å². The molecular formula is C19H22N2O3S. The third kappa shape index (κ3) is 3.91. The molecule has 3 rings (SSSR count). The lowest BCUT2D eigenvalue weighted by Gasteiger charge is -2.26. The second kappa shape index (κ2) is 7.37. The van der Waals surface area contributed by atoms with E-state index in [0.29, 0.717) is 18.7 Å². The van der Waals surface area contributed by atoms with Crippen LogP contribution in [-0.4, -0.2) is 31.7 Å². The summed E-state index contributed by atoms with van der Waals surface area (Å²) < 4.78 is 27.0. The molecule has 1 heterocycles. The number of aryl methyl sites for hydroxylation is 1. The number of rotatable bonds is 4. The number of nitrogens with one attached hydrogen (secondary N) is 1. The van der Waals surface area contributed by atoms with Crippen molar-refractivity contribution >= 4 is 21.6 Å². The molecule has 0 atom stereocenters. The van der Waals surface area contributed by atoms with E-state index in [1.807, 2.05) is 31.2 Å². The molecule has 0 aromatic heterocycles. The second-order valence-electron chi connectivity index (χ2n) is 6.26.